The molecule has 1 atom stereocenters. The van der Waals surface area contributed by atoms with Crippen molar-refractivity contribution in [3.8, 4) is 0 Å². The molecule has 1 aromatic heterocycles. The van der Waals surface area contributed by atoms with Crippen LogP contribution < -0.4 is 5.73 Å². The smallest absolute Gasteiger partial charge is 0.0685 e. The van der Waals surface area contributed by atoms with E-state index in [0.29, 0.717) is 13.2 Å². The van der Waals surface area contributed by atoms with Crippen LogP contribution in [-0.4, -0.2) is 18.2 Å². The summed E-state index contributed by atoms with van der Waals surface area (Å²) < 4.78 is 5.46. The molecule has 0 radical (unpaired) electrons. The molecular weight excluding hydrogens is 212 g/mol. The number of nitrogens with two attached hydrogens (primary N) is 1. The van der Waals surface area contributed by atoms with Crippen LogP contribution in [0, 0.1) is 0 Å². The van der Waals surface area contributed by atoms with Gasteiger partial charge in [0.2, 0.25) is 0 Å². The third-order valence-corrected chi connectivity index (χ3v) is 2.90. The zero-order valence-electron chi connectivity index (χ0n) is 10.3. The second kappa shape index (κ2) is 4.82. The lowest BCUT2D eigenvalue weighted by Gasteiger charge is -2.26. The highest BCUT2D eigenvalue weighted by Crippen LogP contribution is 2.26. The van der Waals surface area contributed by atoms with E-state index in [4.69, 9.17) is 10.5 Å². The van der Waals surface area contributed by atoms with Crippen molar-refractivity contribution < 1.29 is 4.74 Å². The molecule has 1 unspecified atom stereocenters. The van der Waals surface area contributed by atoms with E-state index in [-0.39, 0.29) is 0 Å². The minimum Gasteiger partial charge on any atom is -0.379 e. The van der Waals surface area contributed by atoms with E-state index in [1.807, 2.05) is 38.2 Å². The Balaban J connectivity index is 2.47. The minimum atomic E-state index is -0.488. The summed E-state index contributed by atoms with van der Waals surface area (Å²) in [5.74, 6) is 0. The minimum absolute atomic E-state index is 0.488. The molecule has 0 bridgehead atoms. The molecule has 0 aliphatic carbocycles. The van der Waals surface area contributed by atoms with Gasteiger partial charge in [0.05, 0.1) is 12.1 Å². The van der Waals surface area contributed by atoms with Crippen LogP contribution in [0.15, 0.2) is 36.7 Å². The maximum atomic E-state index is 6.34. The van der Waals surface area contributed by atoms with Crippen molar-refractivity contribution in [3.63, 3.8) is 0 Å². The van der Waals surface area contributed by atoms with E-state index in [1.54, 1.807) is 6.20 Å². The Labute approximate surface area is 102 Å². The van der Waals surface area contributed by atoms with Gasteiger partial charge in [0, 0.05) is 24.4 Å². The second-order valence-corrected chi connectivity index (χ2v) is 4.46. The third-order valence-electron chi connectivity index (χ3n) is 2.90. The number of nitrogens with zero attached hydrogens (tertiary/aromatic N) is 1. The molecule has 2 N–H and O–H groups in total. The highest BCUT2D eigenvalue weighted by Gasteiger charge is 2.23. The molecule has 0 aliphatic heterocycles. The van der Waals surface area contributed by atoms with Crippen LogP contribution in [0.4, 0.5) is 0 Å². The lowest BCUT2D eigenvalue weighted by Crippen LogP contribution is -2.38. The molecule has 0 amide bonds. The number of rotatable bonds is 4. The Morgan fingerprint density at radius 3 is 2.94 bits per heavy atom. The quantitative estimate of drug-likeness (QED) is 0.877. The first-order chi connectivity index (χ1) is 8.15. The topological polar surface area (TPSA) is 48.1 Å². The molecule has 1 aromatic carbocycles. The van der Waals surface area contributed by atoms with Gasteiger partial charge in [-0.1, -0.05) is 18.2 Å². The van der Waals surface area contributed by atoms with Crippen molar-refractivity contribution in [1.29, 1.82) is 0 Å². The summed E-state index contributed by atoms with van der Waals surface area (Å²) in [7, 11) is 0. The molecule has 0 saturated heterocycles. The fourth-order valence-electron chi connectivity index (χ4n) is 2.00. The molecule has 0 fully saturated rings. The van der Waals surface area contributed by atoms with Gasteiger partial charge in [-0.15, -0.1) is 0 Å². The Hall–Kier alpha value is -1.45. The van der Waals surface area contributed by atoms with Crippen molar-refractivity contribution in [1.82, 2.24) is 4.98 Å². The fourth-order valence-corrected chi connectivity index (χ4v) is 2.00. The van der Waals surface area contributed by atoms with E-state index < -0.39 is 5.54 Å². The first-order valence-corrected chi connectivity index (χ1v) is 5.85. The number of fused-ring (bicyclic) bond motifs is 1. The van der Waals surface area contributed by atoms with E-state index >= 15 is 0 Å². The molecule has 0 spiro atoms. The van der Waals surface area contributed by atoms with Gasteiger partial charge in [-0.2, -0.15) is 0 Å². The molecule has 3 heteroatoms. The highest BCUT2D eigenvalue weighted by molar-refractivity contribution is 5.85. The molecule has 3 nitrogen and oxygen atoms in total. The van der Waals surface area contributed by atoms with Gasteiger partial charge in [0.15, 0.2) is 0 Å². The molecule has 2 aromatic rings. The number of hydrogen-bond acceptors (Lipinski definition) is 3. The van der Waals surface area contributed by atoms with Crippen LogP contribution in [0.2, 0.25) is 0 Å². The van der Waals surface area contributed by atoms with E-state index in [0.717, 1.165) is 16.3 Å². The van der Waals surface area contributed by atoms with Crippen molar-refractivity contribution in [2.45, 2.75) is 19.4 Å². The number of aromatic nitrogens is 1. The van der Waals surface area contributed by atoms with Gasteiger partial charge < -0.3 is 10.5 Å². The number of hydrogen-bond donors (Lipinski definition) is 1. The van der Waals surface area contributed by atoms with Crippen molar-refractivity contribution in [2.75, 3.05) is 13.2 Å². The van der Waals surface area contributed by atoms with Crippen molar-refractivity contribution in [2.24, 2.45) is 5.73 Å². The monoisotopic (exact) mass is 230 g/mol. The van der Waals surface area contributed by atoms with E-state index in [9.17, 15) is 0 Å². The number of ether oxygens (including phenoxy) is 1. The molecule has 2 rings (SSSR count). The third kappa shape index (κ3) is 2.46. The standard InChI is InChI=1S/C14H18N2O/c1-3-17-10-14(2,15)13-6-4-5-11-7-8-16-9-12(11)13/h4-9H,3,10,15H2,1-2H3. The van der Waals surface area contributed by atoms with Crippen LogP contribution in [0.25, 0.3) is 10.8 Å². The first kappa shape index (κ1) is 12.0. The summed E-state index contributed by atoms with van der Waals surface area (Å²) in [5.41, 5.74) is 6.93. The lowest BCUT2D eigenvalue weighted by molar-refractivity contribution is 0.101. The Morgan fingerprint density at radius 2 is 2.18 bits per heavy atom. The maximum Gasteiger partial charge on any atom is 0.0685 e. The van der Waals surface area contributed by atoms with Crippen LogP contribution in [0.5, 0.6) is 0 Å². The van der Waals surface area contributed by atoms with Crippen LogP contribution in [0.3, 0.4) is 0 Å². The van der Waals surface area contributed by atoms with Gasteiger partial charge in [-0.3, -0.25) is 4.98 Å². The average molecular weight is 230 g/mol. The van der Waals surface area contributed by atoms with E-state index in [1.165, 1.54) is 0 Å². The van der Waals surface area contributed by atoms with Gasteiger partial charge in [-0.05, 0) is 30.9 Å². The van der Waals surface area contributed by atoms with Gasteiger partial charge in [0.1, 0.15) is 0 Å². The second-order valence-electron chi connectivity index (χ2n) is 4.46. The maximum absolute atomic E-state index is 6.34. The molecule has 0 aliphatic rings. The lowest BCUT2D eigenvalue weighted by atomic mass is 9.90. The SMILES string of the molecule is CCOCC(C)(N)c1cccc2ccncc12. The Bertz CT molecular complexity index is 503. The first-order valence-electron chi connectivity index (χ1n) is 5.85. The predicted molar refractivity (Wildman–Crippen MR) is 69.8 cm³/mol. The van der Waals surface area contributed by atoms with Crippen LogP contribution in [0.1, 0.15) is 19.4 Å². The summed E-state index contributed by atoms with van der Waals surface area (Å²) in [5, 5.41) is 2.25. The molecule has 17 heavy (non-hydrogen) atoms. The summed E-state index contributed by atoms with van der Waals surface area (Å²) in [4.78, 5) is 4.17. The number of pyridine rings is 1. The van der Waals surface area contributed by atoms with Crippen LogP contribution >= 0.6 is 0 Å². The van der Waals surface area contributed by atoms with Crippen molar-refractivity contribution >= 4 is 10.8 Å². The Kier molecular flexibility index (Phi) is 3.41. The molecule has 1 heterocycles. The summed E-state index contributed by atoms with van der Waals surface area (Å²) >= 11 is 0. The van der Waals surface area contributed by atoms with Gasteiger partial charge >= 0.3 is 0 Å². The molecular formula is C14H18N2O. The van der Waals surface area contributed by atoms with E-state index in [2.05, 4.69) is 11.1 Å². The van der Waals surface area contributed by atoms with Gasteiger partial charge in [0.25, 0.3) is 0 Å². The normalized spacial score (nSPS) is 14.8. The predicted octanol–water partition coefficient (Wildman–Crippen LogP) is 2.45. The summed E-state index contributed by atoms with van der Waals surface area (Å²) in [6.45, 7) is 5.15. The number of benzene rings is 1. The van der Waals surface area contributed by atoms with Crippen molar-refractivity contribution in [3.05, 3.63) is 42.2 Å². The summed E-state index contributed by atoms with van der Waals surface area (Å²) in [6.07, 6.45) is 3.66. The average Bonchev–Trinajstić information content (AvgIpc) is 2.36. The largest absolute Gasteiger partial charge is 0.379 e. The molecule has 0 saturated carbocycles. The fraction of sp³-hybridized carbons (Fsp3) is 0.357. The zero-order valence-corrected chi connectivity index (χ0v) is 10.3. The van der Waals surface area contributed by atoms with Gasteiger partial charge in [-0.25, -0.2) is 0 Å². The van der Waals surface area contributed by atoms with Crippen LogP contribution in [-0.2, 0) is 10.3 Å². The Morgan fingerprint density at radius 1 is 1.35 bits per heavy atom. The molecule has 90 valence electrons. The highest BCUT2D eigenvalue weighted by atomic mass is 16.5. The zero-order chi connectivity index (χ0) is 12.3. The summed E-state index contributed by atoms with van der Waals surface area (Å²) in [6, 6.07) is 8.13.